The number of aliphatic imine (C=N–C) groups is 3. The molecule has 20 heteroatoms. The summed E-state index contributed by atoms with van der Waals surface area (Å²) in [5.41, 5.74) is 54.9. The average Bonchev–Trinajstić information content (AvgIpc) is 0.767. The Bertz CT molecular complexity index is 2940. The first-order chi connectivity index (χ1) is 57.8. The Hall–Kier alpha value is -3.44. The van der Waals surface area contributed by atoms with Gasteiger partial charge in [-0.1, -0.05) is 221 Å². The Morgan fingerprint density at radius 1 is 0.429 bits per heavy atom. The van der Waals surface area contributed by atoms with Crippen LogP contribution < -0.4 is 82.8 Å². The maximum atomic E-state index is 5.82. The number of nitrogens with two attached hydrogens (primary N) is 9. The lowest BCUT2D eigenvalue weighted by Gasteiger charge is -2.60. The fourth-order valence-corrected chi connectivity index (χ4v) is 18.8. The Morgan fingerprint density at radius 3 is 1.13 bits per heavy atom. The molecular weight excluding hydrogens is 1560 g/mol. The Kier molecular flexibility index (Phi) is 52.8. The van der Waals surface area contributed by atoms with Crippen molar-refractivity contribution < 1.29 is 9.30 Å². The number of hydrogen-bond donors (Lipinski definition) is 14. The average molecular weight is 1780 g/mol. The summed E-state index contributed by atoms with van der Waals surface area (Å²) in [6, 6.07) is 6.65. The number of nitrogens with one attached hydrogen (secondary N) is 5. The monoisotopic (exact) mass is 1770 g/mol. The Balaban J connectivity index is 0.000000467. The maximum absolute atomic E-state index is 5.82. The van der Waals surface area contributed by atoms with Gasteiger partial charge >= 0.3 is 0 Å². The van der Waals surface area contributed by atoms with Gasteiger partial charge in [0.25, 0.3) is 0 Å². The summed E-state index contributed by atoms with van der Waals surface area (Å²) in [6.45, 7) is 86.3. The number of aryl methyl sites for hydroxylation is 1. The molecule has 12 aliphatic rings. The lowest BCUT2D eigenvalue weighted by molar-refractivity contribution is -0.671. The van der Waals surface area contributed by atoms with E-state index in [1.807, 2.05) is 7.05 Å². The van der Waals surface area contributed by atoms with E-state index in [0.29, 0.717) is 79.6 Å². The van der Waals surface area contributed by atoms with Crippen LogP contribution in [0.5, 0.6) is 0 Å². The molecule has 5 aliphatic heterocycles. The molecule has 5 saturated heterocycles. The number of pyridine rings is 1. The van der Waals surface area contributed by atoms with Crippen LogP contribution in [0.25, 0.3) is 0 Å². The van der Waals surface area contributed by atoms with E-state index in [2.05, 4.69) is 283 Å². The molecule has 13 rings (SSSR count). The van der Waals surface area contributed by atoms with Gasteiger partial charge in [0.2, 0.25) is 0 Å². The van der Waals surface area contributed by atoms with Gasteiger partial charge in [-0.2, -0.15) is 0 Å². The van der Waals surface area contributed by atoms with Gasteiger partial charge in [0.15, 0.2) is 30.3 Å². The van der Waals surface area contributed by atoms with E-state index < -0.39 is 0 Å². The van der Waals surface area contributed by atoms with Gasteiger partial charge < -0.3 is 87.8 Å². The van der Waals surface area contributed by atoms with Crippen LogP contribution >= 0.6 is 0 Å². The Morgan fingerprint density at radius 2 is 0.825 bits per heavy atom. The first-order valence-corrected chi connectivity index (χ1v) is 51.1. The second kappa shape index (κ2) is 56.0. The first kappa shape index (κ1) is 119. The molecule has 20 nitrogen and oxygen atoms in total. The van der Waals surface area contributed by atoms with Crippen molar-refractivity contribution in [3.05, 3.63) is 30.1 Å². The van der Waals surface area contributed by atoms with Crippen LogP contribution in [0.4, 0.5) is 0 Å². The summed E-state index contributed by atoms with van der Waals surface area (Å²) in [4.78, 5) is 14.5. The topological polar surface area (TPSA) is 348 Å². The summed E-state index contributed by atoms with van der Waals surface area (Å²) in [5, 5.41) is 16.9. The third kappa shape index (κ3) is 59.2. The highest BCUT2D eigenvalue weighted by Crippen LogP contribution is 2.62. The molecule has 7 aliphatic carbocycles. The molecule has 6 heterocycles. The van der Waals surface area contributed by atoms with E-state index in [1.165, 1.54) is 219 Å². The van der Waals surface area contributed by atoms with Crippen molar-refractivity contribution in [1.82, 2.24) is 31.5 Å². The van der Waals surface area contributed by atoms with Crippen LogP contribution in [0.1, 0.15) is 387 Å². The van der Waals surface area contributed by atoms with Gasteiger partial charge in [-0.15, -0.1) is 0 Å². The molecule has 1 aromatic heterocycles. The highest BCUT2D eigenvalue weighted by molar-refractivity contribution is 5.76. The van der Waals surface area contributed by atoms with E-state index in [1.54, 1.807) is 0 Å². The minimum atomic E-state index is 0.184. The second-order valence-electron chi connectivity index (χ2n) is 52.4. The third-order valence-electron chi connectivity index (χ3n) is 27.3. The molecule has 0 bridgehead atoms. The molecule has 126 heavy (non-hydrogen) atoms. The van der Waals surface area contributed by atoms with E-state index in [4.69, 9.17) is 56.3 Å². The molecule has 0 amide bonds. The SMILES string of the molecule is CC(C)(C)C1CC2(CC(N)C2)C1.CC(C)(C)C1CC2(CCNCC2)C1.CC(C)(C)CCCCC1CNC1.CC(C)(C)CCCN1CCNCC1.CC(C)(C)CCN=C(N)N.CC(C)(C)COC1CC(N)C1.CC(C)(C)C[C@@H]1CCNC1.CC(C)(C)C[C@H]1CCNC1.CC1CC(N)C1.CC1CC(N=C(N)N)C1.CC1CC(N=C(N)N)C1.C[n+]1ccc(C(C)(C)C)cc1. The van der Waals surface area contributed by atoms with E-state index in [0.717, 1.165) is 116 Å². The number of unbranched alkanes of at least 4 members (excludes halogenated alkanes) is 1. The molecule has 2 atom stereocenters. The van der Waals surface area contributed by atoms with Crippen molar-refractivity contribution in [2.45, 2.75) is 423 Å². The number of nitrogens with zero attached hydrogens (tertiary/aromatic N) is 5. The van der Waals surface area contributed by atoms with Gasteiger partial charge in [0.05, 0.1) is 24.8 Å². The summed E-state index contributed by atoms with van der Waals surface area (Å²) in [5.74, 6) is 8.04. The van der Waals surface area contributed by atoms with Gasteiger partial charge in [0, 0.05) is 63.0 Å². The maximum Gasteiger partial charge on any atom is 0.186 e. The molecule has 7 saturated carbocycles. The first-order valence-electron chi connectivity index (χ1n) is 51.1. The molecule has 0 radical (unpaired) electrons. The summed E-state index contributed by atoms with van der Waals surface area (Å²) >= 11 is 0. The van der Waals surface area contributed by atoms with Crippen molar-refractivity contribution >= 4 is 17.9 Å². The normalized spacial score (nSPS) is 27.3. The van der Waals surface area contributed by atoms with Crippen LogP contribution in [0.3, 0.4) is 0 Å². The standard InChI is InChI=1S/C12H23N.C11H24N2.C11H21N.C11H23N.C10H16N.C9H19NO.2C9H19N.C7H17N3.2C6H13N3.C5H11N/c1-11(2,3)10-8-12(9-10)4-6-13-7-5-12;1-11(2,3)5-4-8-13-9-6-12-7-10-13;1-10(2,3)8-4-11(5-8)6-9(12)7-11;1-11(2,3)7-5-4-6-10-8-12-9-10;1-10(2,3)9-5-7-11(4)8-6-9;1-9(2,3)6-11-8-4-7(10)5-8;2*1-9(2,3)6-8-4-5-10-7-8;1-7(2,3)4-5-10-6(8)9;2*1-4-2-5(3-4)9-6(7)8;1-4-2-5(6)3-4/h10,13H,4-9H2,1-3H3;12H,4-10H2,1-3H3;8-9H,4-7,12H2,1-3H3;10,12H,4-9H2,1-3H3;5-8H,1-4H3;7-8H,4-6,10H2,1-3H3;2*8,10H,4-7H2,1-3H3;4-5H2,1-3H3,(H4,8,9,10);2*4-5H,2-3H2,1H3,(H4,7,8,9);4-5H,2-3,6H2,1H3/q;;;;+1;;;;;;;/t;;;;;;2*8-;;;;/m......10..../s1. The van der Waals surface area contributed by atoms with Gasteiger partial charge in [-0.25, -0.2) is 4.57 Å². The van der Waals surface area contributed by atoms with E-state index in [-0.39, 0.29) is 23.3 Å². The van der Waals surface area contributed by atoms with Crippen LogP contribution in [0.2, 0.25) is 0 Å². The molecule has 0 unspecified atom stereocenters. The largest absolute Gasteiger partial charge is 0.378 e. The molecule has 742 valence electrons. The zero-order valence-electron chi connectivity index (χ0n) is 88.9. The summed E-state index contributed by atoms with van der Waals surface area (Å²) in [6.07, 6.45) is 40.1. The molecule has 12 fully saturated rings. The number of guanidine groups is 3. The minimum absolute atomic E-state index is 0.184. The van der Waals surface area contributed by atoms with Crippen molar-refractivity contribution in [2.24, 2.45) is 175 Å². The smallest absolute Gasteiger partial charge is 0.186 e. The molecule has 1 aromatic rings. The van der Waals surface area contributed by atoms with Gasteiger partial charge in [0.1, 0.15) is 7.05 Å². The number of piperidine rings is 1. The van der Waals surface area contributed by atoms with Crippen LogP contribution in [-0.4, -0.2) is 157 Å². The summed E-state index contributed by atoms with van der Waals surface area (Å²) in [7, 11) is 2.03. The highest BCUT2D eigenvalue weighted by atomic mass is 16.5. The number of rotatable bonds is 15. The number of piperazine rings is 1. The molecule has 0 aromatic carbocycles. The zero-order valence-corrected chi connectivity index (χ0v) is 88.9. The molecule has 23 N–H and O–H groups in total. The zero-order chi connectivity index (χ0) is 95.9. The number of aromatic nitrogens is 1. The second-order valence-corrected chi connectivity index (χ2v) is 52.4. The quantitative estimate of drug-likeness (QED) is 0.0336. The van der Waals surface area contributed by atoms with Gasteiger partial charge in [-0.05, 0) is 332 Å². The van der Waals surface area contributed by atoms with E-state index >= 15 is 0 Å². The number of hydrogen-bond acceptors (Lipinski definition) is 13. The van der Waals surface area contributed by atoms with Crippen molar-refractivity contribution in [3.8, 4) is 0 Å². The summed E-state index contributed by atoms with van der Waals surface area (Å²) < 4.78 is 7.68. The van der Waals surface area contributed by atoms with Crippen molar-refractivity contribution in [2.75, 3.05) is 98.2 Å². The number of ether oxygens (including phenoxy) is 1. The van der Waals surface area contributed by atoms with Crippen LogP contribution in [0.15, 0.2) is 39.5 Å². The van der Waals surface area contributed by atoms with Crippen LogP contribution in [0, 0.1) is 101 Å². The third-order valence-corrected chi connectivity index (χ3v) is 27.3. The van der Waals surface area contributed by atoms with Crippen molar-refractivity contribution in [3.63, 3.8) is 0 Å². The minimum Gasteiger partial charge on any atom is -0.378 e. The highest BCUT2D eigenvalue weighted by Gasteiger charge is 2.54. The van der Waals surface area contributed by atoms with Gasteiger partial charge in [-0.3, -0.25) is 15.0 Å². The van der Waals surface area contributed by atoms with Crippen LogP contribution in [-0.2, 0) is 17.2 Å². The predicted octanol–water partition coefficient (Wildman–Crippen LogP) is 18.9. The predicted molar refractivity (Wildman–Crippen MR) is 551 cm³/mol. The lowest BCUT2D eigenvalue weighted by atomic mass is 9.46. The van der Waals surface area contributed by atoms with Crippen molar-refractivity contribution in [1.29, 1.82) is 0 Å². The Labute approximate surface area is 780 Å². The fourth-order valence-electron chi connectivity index (χ4n) is 18.8. The molecule has 2 spiro atoms. The lowest BCUT2D eigenvalue weighted by Crippen LogP contribution is -2.55. The molecular formula is C106H218N19O+. The fraction of sp³-hybridized carbons (Fsp3) is 0.925. The van der Waals surface area contributed by atoms with E-state index in [9.17, 15) is 0 Å².